The van der Waals surface area contributed by atoms with E-state index < -0.39 is 0 Å². The van der Waals surface area contributed by atoms with Crippen molar-refractivity contribution in [3.05, 3.63) is 71.8 Å². The van der Waals surface area contributed by atoms with Gasteiger partial charge in [-0.1, -0.05) is 41.7 Å². The second-order valence-electron chi connectivity index (χ2n) is 7.93. The minimum atomic E-state index is -0.146. The number of amides is 1. The van der Waals surface area contributed by atoms with Gasteiger partial charge in [-0.3, -0.25) is 10.1 Å². The van der Waals surface area contributed by atoms with Crippen LogP contribution in [0.1, 0.15) is 15.9 Å². The molecule has 5 nitrogen and oxygen atoms in total. The molecule has 1 aromatic heterocycles. The van der Waals surface area contributed by atoms with Crippen molar-refractivity contribution in [2.75, 3.05) is 41.9 Å². The lowest BCUT2D eigenvalue weighted by Gasteiger charge is -2.29. The Kier molecular flexibility index (Phi) is 6.24. The molecule has 0 atom stereocenters. The Morgan fingerprint density at radius 3 is 2.58 bits per heavy atom. The number of benzene rings is 3. The van der Waals surface area contributed by atoms with Gasteiger partial charge < -0.3 is 9.64 Å². The number of anilines is 2. The van der Waals surface area contributed by atoms with Crippen molar-refractivity contribution in [3.8, 4) is 16.9 Å². The molecule has 0 aliphatic carbocycles. The number of fused-ring (bicyclic) bond motifs is 1. The molecule has 0 saturated carbocycles. The van der Waals surface area contributed by atoms with Gasteiger partial charge in [0.2, 0.25) is 0 Å². The van der Waals surface area contributed by atoms with E-state index in [0.717, 1.165) is 51.5 Å². The summed E-state index contributed by atoms with van der Waals surface area (Å²) in [4.78, 5) is 20.2. The molecule has 0 unspecified atom stereocenters. The molecule has 5 rings (SSSR count). The zero-order valence-corrected chi connectivity index (χ0v) is 20.3. The maximum absolute atomic E-state index is 13.1. The van der Waals surface area contributed by atoms with Crippen LogP contribution in [-0.4, -0.2) is 42.6 Å². The van der Waals surface area contributed by atoms with Gasteiger partial charge in [-0.2, -0.15) is 11.8 Å². The molecule has 168 valence electrons. The fraction of sp³-hybridized carbons (Fsp3) is 0.231. The Morgan fingerprint density at radius 2 is 1.85 bits per heavy atom. The van der Waals surface area contributed by atoms with Crippen LogP contribution in [0.15, 0.2) is 60.7 Å². The van der Waals surface area contributed by atoms with Crippen molar-refractivity contribution in [2.45, 2.75) is 6.92 Å². The minimum absolute atomic E-state index is 0.146. The van der Waals surface area contributed by atoms with Crippen LogP contribution < -0.4 is 15.0 Å². The summed E-state index contributed by atoms with van der Waals surface area (Å²) in [6.45, 7) is 4.09. The zero-order valence-electron chi connectivity index (χ0n) is 18.6. The first kappa shape index (κ1) is 21.8. The van der Waals surface area contributed by atoms with E-state index in [1.807, 2.05) is 61.2 Å². The van der Waals surface area contributed by atoms with Crippen molar-refractivity contribution in [2.24, 2.45) is 0 Å². The van der Waals surface area contributed by atoms with E-state index in [1.165, 1.54) is 17.0 Å². The number of methoxy groups -OCH3 is 1. The number of carbonyl (C=O) groups is 1. The number of aromatic nitrogens is 1. The van der Waals surface area contributed by atoms with Crippen molar-refractivity contribution in [3.63, 3.8) is 0 Å². The average Bonchev–Trinajstić information content (AvgIpc) is 3.28. The highest BCUT2D eigenvalue weighted by molar-refractivity contribution is 7.99. The molecule has 1 aliphatic rings. The number of hydrogen-bond donors (Lipinski definition) is 1. The largest absolute Gasteiger partial charge is 0.494 e. The average molecular weight is 476 g/mol. The first-order valence-electron chi connectivity index (χ1n) is 10.9. The van der Waals surface area contributed by atoms with E-state index >= 15 is 0 Å². The molecule has 0 bridgehead atoms. The fourth-order valence-corrected chi connectivity index (χ4v) is 6.05. The molecule has 33 heavy (non-hydrogen) atoms. The summed E-state index contributed by atoms with van der Waals surface area (Å²) < 4.78 is 6.53. The maximum Gasteiger partial charge on any atom is 0.257 e. The summed E-state index contributed by atoms with van der Waals surface area (Å²) in [6.07, 6.45) is 0. The van der Waals surface area contributed by atoms with Crippen molar-refractivity contribution < 1.29 is 9.53 Å². The van der Waals surface area contributed by atoms with Gasteiger partial charge in [0.1, 0.15) is 11.3 Å². The summed E-state index contributed by atoms with van der Waals surface area (Å²) >= 11 is 3.46. The molecule has 1 saturated heterocycles. The Labute approximate surface area is 201 Å². The number of thiazole rings is 1. The number of hydrogen-bond acceptors (Lipinski definition) is 6. The lowest BCUT2D eigenvalue weighted by Crippen LogP contribution is -2.32. The molecule has 3 aromatic carbocycles. The van der Waals surface area contributed by atoms with Gasteiger partial charge in [0.05, 0.1) is 11.8 Å². The topological polar surface area (TPSA) is 54.5 Å². The molecular formula is C26H25N3O2S2. The Morgan fingerprint density at radius 1 is 1.06 bits per heavy atom. The van der Waals surface area contributed by atoms with Crippen LogP contribution in [-0.2, 0) is 0 Å². The number of aryl methyl sites for hydroxylation is 1. The zero-order chi connectivity index (χ0) is 22.8. The van der Waals surface area contributed by atoms with Crippen molar-refractivity contribution in [1.29, 1.82) is 0 Å². The van der Waals surface area contributed by atoms with E-state index in [1.54, 1.807) is 7.11 Å². The lowest BCUT2D eigenvalue weighted by molar-refractivity contribution is 0.102. The number of nitrogens with one attached hydrogen (secondary N) is 1. The van der Waals surface area contributed by atoms with Crippen LogP contribution in [0.5, 0.6) is 5.75 Å². The highest BCUT2D eigenvalue weighted by Crippen LogP contribution is 2.39. The standard InChI is InChI=1S/C26H25N3O2S2/c1-17-16-19(29-12-14-32-15-13-29)8-9-20(17)25(30)28-26-27-23-22(31-2)11-10-21(24(23)33-26)18-6-4-3-5-7-18/h3-11,16H,12-15H2,1-2H3,(H,27,28,30). The summed E-state index contributed by atoms with van der Waals surface area (Å²) in [5, 5.41) is 3.58. The summed E-state index contributed by atoms with van der Waals surface area (Å²) in [5.41, 5.74) is 5.75. The smallest absolute Gasteiger partial charge is 0.257 e. The quantitative estimate of drug-likeness (QED) is 0.379. The van der Waals surface area contributed by atoms with Gasteiger partial charge in [-0.05, 0) is 48.4 Å². The normalized spacial score (nSPS) is 13.8. The number of carbonyl (C=O) groups excluding carboxylic acids is 1. The third-order valence-electron chi connectivity index (χ3n) is 5.86. The Bertz CT molecular complexity index is 1300. The van der Waals surface area contributed by atoms with Crippen molar-refractivity contribution >= 4 is 50.0 Å². The molecule has 1 aliphatic heterocycles. The van der Waals surface area contributed by atoms with Crippen molar-refractivity contribution in [1.82, 2.24) is 4.98 Å². The number of rotatable bonds is 5. The van der Waals surface area contributed by atoms with Gasteiger partial charge in [-0.15, -0.1) is 0 Å². The molecule has 0 radical (unpaired) electrons. The maximum atomic E-state index is 13.1. The van der Waals surface area contributed by atoms with Gasteiger partial charge in [0, 0.05) is 41.4 Å². The van der Waals surface area contributed by atoms with Gasteiger partial charge in [-0.25, -0.2) is 4.98 Å². The minimum Gasteiger partial charge on any atom is -0.494 e. The van der Waals surface area contributed by atoms with E-state index in [9.17, 15) is 4.79 Å². The second-order valence-corrected chi connectivity index (χ2v) is 10.2. The molecule has 7 heteroatoms. The summed E-state index contributed by atoms with van der Waals surface area (Å²) in [7, 11) is 1.64. The Hall–Kier alpha value is -3.03. The SMILES string of the molecule is COc1ccc(-c2ccccc2)c2sc(NC(=O)c3ccc(N4CCSCC4)cc3C)nc12. The molecule has 1 N–H and O–H groups in total. The molecule has 1 amide bonds. The molecule has 2 heterocycles. The third-order valence-corrected chi connectivity index (χ3v) is 7.81. The van der Waals surface area contributed by atoms with E-state index in [-0.39, 0.29) is 5.91 Å². The summed E-state index contributed by atoms with van der Waals surface area (Å²) in [5.74, 6) is 2.84. The number of ether oxygens (including phenoxy) is 1. The van der Waals surface area contributed by atoms with Gasteiger partial charge >= 0.3 is 0 Å². The van der Waals surface area contributed by atoms with Crippen LogP contribution >= 0.6 is 23.1 Å². The predicted molar refractivity (Wildman–Crippen MR) is 140 cm³/mol. The van der Waals surface area contributed by atoms with Crippen LogP contribution in [0.4, 0.5) is 10.8 Å². The van der Waals surface area contributed by atoms with Crippen LogP contribution in [0.25, 0.3) is 21.3 Å². The molecular weight excluding hydrogens is 450 g/mol. The second kappa shape index (κ2) is 9.45. The number of nitrogens with zero attached hydrogens (tertiary/aromatic N) is 2. The fourth-order valence-electron chi connectivity index (χ4n) is 4.13. The number of thioether (sulfide) groups is 1. The highest BCUT2D eigenvalue weighted by atomic mass is 32.2. The van der Waals surface area contributed by atoms with E-state index in [2.05, 4.69) is 28.4 Å². The van der Waals surface area contributed by atoms with E-state index in [0.29, 0.717) is 16.4 Å². The third kappa shape index (κ3) is 4.43. The molecule has 4 aromatic rings. The van der Waals surface area contributed by atoms with Crippen LogP contribution in [0.3, 0.4) is 0 Å². The first-order valence-corrected chi connectivity index (χ1v) is 12.9. The predicted octanol–water partition coefficient (Wildman–Crippen LogP) is 6.09. The Balaban J connectivity index is 1.44. The first-order chi connectivity index (χ1) is 16.1. The highest BCUT2D eigenvalue weighted by Gasteiger charge is 2.18. The van der Waals surface area contributed by atoms with Gasteiger partial charge in [0.25, 0.3) is 5.91 Å². The van der Waals surface area contributed by atoms with Gasteiger partial charge in [0.15, 0.2) is 5.13 Å². The van der Waals surface area contributed by atoms with Crippen LogP contribution in [0.2, 0.25) is 0 Å². The lowest BCUT2D eigenvalue weighted by atomic mass is 10.1. The monoisotopic (exact) mass is 475 g/mol. The summed E-state index contributed by atoms with van der Waals surface area (Å²) in [6, 6.07) is 20.2. The van der Waals surface area contributed by atoms with Crippen LogP contribution in [0, 0.1) is 6.92 Å². The molecule has 0 spiro atoms. The molecule has 1 fully saturated rings. The van der Waals surface area contributed by atoms with E-state index in [4.69, 9.17) is 9.72 Å².